The number of hydrogen-bond donors (Lipinski definition) is 0. The van der Waals surface area contributed by atoms with Crippen LogP contribution >= 0.6 is 0 Å². The van der Waals surface area contributed by atoms with Crippen LogP contribution in [0.1, 0.15) is 32.1 Å². The highest BCUT2D eigenvalue weighted by Gasteiger charge is 2.45. The Balaban J connectivity index is 1.89. The number of rotatable bonds is 3. The minimum Gasteiger partial charge on any atom is -0.303 e. The molecular weight excluding hydrogens is 150 g/mol. The number of carbonyl (C=O) groups excluding carboxylic acids is 1. The molecule has 1 aliphatic carbocycles. The van der Waals surface area contributed by atoms with E-state index >= 15 is 0 Å². The first-order valence-electron chi connectivity index (χ1n) is 4.92. The number of carbonyl (C=O) groups is 1. The van der Waals surface area contributed by atoms with E-state index in [0.29, 0.717) is 6.04 Å². The van der Waals surface area contributed by atoms with E-state index in [2.05, 4.69) is 11.9 Å². The van der Waals surface area contributed by atoms with Crippen molar-refractivity contribution in [1.29, 1.82) is 0 Å². The zero-order valence-corrected chi connectivity index (χ0v) is 7.75. The zero-order chi connectivity index (χ0) is 8.60. The van der Waals surface area contributed by atoms with E-state index in [9.17, 15) is 4.79 Å². The van der Waals surface area contributed by atoms with Gasteiger partial charge >= 0.3 is 0 Å². The van der Waals surface area contributed by atoms with Crippen LogP contribution in [0, 0.1) is 5.41 Å². The summed E-state index contributed by atoms with van der Waals surface area (Å²) < 4.78 is 0. The average Bonchev–Trinajstić information content (AvgIpc) is 2.74. The van der Waals surface area contributed by atoms with Crippen molar-refractivity contribution in [3.63, 3.8) is 0 Å². The zero-order valence-electron chi connectivity index (χ0n) is 7.75. The topological polar surface area (TPSA) is 20.3 Å². The molecule has 1 heterocycles. The molecule has 2 fully saturated rings. The fourth-order valence-electron chi connectivity index (χ4n) is 2.24. The van der Waals surface area contributed by atoms with E-state index in [0.717, 1.165) is 19.3 Å². The van der Waals surface area contributed by atoms with Crippen LogP contribution in [0.2, 0.25) is 0 Å². The van der Waals surface area contributed by atoms with Crippen molar-refractivity contribution in [2.24, 2.45) is 5.41 Å². The van der Waals surface area contributed by atoms with Crippen molar-refractivity contribution in [1.82, 2.24) is 4.90 Å². The van der Waals surface area contributed by atoms with Gasteiger partial charge in [0.1, 0.15) is 6.29 Å². The normalized spacial score (nSPS) is 33.6. The van der Waals surface area contributed by atoms with E-state index in [4.69, 9.17) is 0 Å². The van der Waals surface area contributed by atoms with Crippen molar-refractivity contribution in [3.05, 3.63) is 0 Å². The Kier molecular flexibility index (Phi) is 1.95. The van der Waals surface area contributed by atoms with Gasteiger partial charge in [0.2, 0.25) is 0 Å². The molecule has 2 aliphatic rings. The van der Waals surface area contributed by atoms with Gasteiger partial charge in [-0.1, -0.05) is 0 Å². The summed E-state index contributed by atoms with van der Waals surface area (Å²) in [6, 6.07) is 0.692. The van der Waals surface area contributed by atoms with Gasteiger partial charge in [-0.3, -0.25) is 0 Å². The molecule has 0 aromatic rings. The Bertz CT molecular complexity index is 186. The molecule has 0 radical (unpaired) electrons. The van der Waals surface area contributed by atoms with Crippen LogP contribution in [-0.2, 0) is 4.79 Å². The highest BCUT2D eigenvalue weighted by molar-refractivity contribution is 5.63. The maximum atomic E-state index is 10.8. The molecule has 2 nitrogen and oxygen atoms in total. The molecule has 1 aliphatic heterocycles. The van der Waals surface area contributed by atoms with Gasteiger partial charge in [-0.25, -0.2) is 0 Å². The Hall–Kier alpha value is -0.370. The summed E-state index contributed by atoms with van der Waals surface area (Å²) in [5.41, 5.74) is 0.114. The molecule has 1 saturated heterocycles. The van der Waals surface area contributed by atoms with Gasteiger partial charge in [0.15, 0.2) is 0 Å². The summed E-state index contributed by atoms with van der Waals surface area (Å²) in [4.78, 5) is 13.2. The summed E-state index contributed by atoms with van der Waals surface area (Å²) in [7, 11) is 2.18. The van der Waals surface area contributed by atoms with Crippen molar-refractivity contribution < 1.29 is 4.79 Å². The van der Waals surface area contributed by atoms with Crippen LogP contribution in [0.3, 0.4) is 0 Å². The molecule has 12 heavy (non-hydrogen) atoms. The third-order valence-electron chi connectivity index (χ3n) is 3.46. The van der Waals surface area contributed by atoms with Crippen LogP contribution in [-0.4, -0.2) is 30.8 Å². The van der Waals surface area contributed by atoms with Gasteiger partial charge in [0.25, 0.3) is 0 Å². The van der Waals surface area contributed by atoms with Gasteiger partial charge in [-0.15, -0.1) is 0 Å². The summed E-state index contributed by atoms with van der Waals surface area (Å²) in [5.74, 6) is 0. The Morgan fingerprint density at radius 1 is 1.58 bits per heavy atom. The monoisotopic (exact) mass is 167 g/mol. The Morgan fingerprint density at radius 3 is 2.75 bits per heavy atom. The van der Waals surface area contributed by atoms with Crippen LogP contribution in [0.4, 0.5) is 0 Å². The maximum Gasteiger partial charge on any atom is 0.126 e. The minimum absolute atomic E-state index is 0.114. The summed E-state index contributed by atoms with van der Waals surface area (Å²) in [6.45, 7) is 1.22. The van der Waals surface area contributed by atoms with E-state index < -0.39 is 0 Å². The van der Waals surface area contributed by atoms with Crippen molar-refractivity contribution in [3.8, 4) is 0 Å². The third-order valence-corrected chi connectivity index (χ3v) is 3.46. The van der Waals surface area contributed by atoms with Crippen LogP contribution in [0.15, 0.2) is 0 Å². The molecule has 0 amide bonds. The number of aldehydes is 1. The molecule has 2 rings (SSSR count). The van der Waals surface area contributed by atoms with Gasteiger partial charge in [0.05, 0.1) is 0 Å². The minimum atomic E-state index is 0.114. The van der Waals surface area contributed by atoms with Crippen molar-refractivity contribution in [2.45, 2.75) is 38.1 Å². The average molecular weight is 167 g/mol. The maximum absolute atomic E-state index is 10.8. The van der Waals surface area contributed by atoms with Gasteiger partial charge in [-0.05, 0) is 45.7 Å². The molecule has 0 bridgehead atoms. The first-order chi connectivity index (χ1) is 5.76. The SMILES string of the molecule is CN1CCCC1CC1(C=O)CC1. The van der Waals surface area contributed by atoms with Crippen LogP contribution in [0.5, 0.6) is 0 Å². The van der Waals surface area contributed by atoms with Gasteiger partial charge < -0.3 is 9.69 Å². The van der Waals surface area contributed by atoms with Crippen LogP contribution in [0.25, 0.3) is 0 Å². The molecular formula is C10H17NO. The molecule has 0 aromatic heterocycles. The molecule has 0 aromatic carbocycles. The highest BCUT2D eigenvalue weighted by Crippen LogP contribution is 2.49. The molecule has 68 valence electrons. The van der Waals surface area contributed by atoms with Gasteiger partial charge in [-0.2, -0.15) is 0 Å². The fourth-order valence-corrected chi connectivity index (χ4v) is 2.24. The number of nitrogens with zero attached hydrogens (tertiary/aromatic N) is 1. The lowest BCUT2D eigenvalue weighted by Crippen LogP contribution is -2.28. The Morgan fingerprint density at radius 2 is 2.33 bits per heavy atom. The largest absolute Gasteiger partial charge is 0.303 e. The fraction of sp³-hybridized carbons (Fsp3) is 0.900. The smallest absolute Gasteiger partial charge is 0.126 e. The lowest BCUT2D eigenvalue weighted by atomic mass is 9.97. The second kappa shape index (κ2) is 2.84. The summed E-state index contributed by atoms with van der Waals surface area (Å²) in [6.07, 6.45) is 7.20. The van der Waals surface area contributed by atoms with Crippen molar-refractivity contribution in [2.75, 3.05) is 13.6 Å². The standard InChI is InChI=1S/C10H17NO/c1-11-6-2-3-9(11)7-10(8-12)4-5-10/h8-9H,2-7H2,1H3. The first kappa shape index (κ1) is 8.24. The second-order valence-electron chi connectivity index (χ2n) is 4.46. The molecule has 0 spiro atoms. The van der Waals surface area contributed by atoms with E-state index in [1.165, 1.54) is 25.7 Å². The lowest BCUT2D eigenvalue weighted by molar-refractivity contribution is -0.112. The van der Waals surface area contributed by atoms with E-state index in [1.807, 2.05) is 0 Å². The second-order valence-corrected chi connectivity index (χ2v) is 4.46. The van der Waals surface area contributed by atoms with Gasteiger partial charge in [0, 0.05) is 11.5 Å². The van der Waals surface area contributed by atoms with E-state index in [1.54, 1.807) is 0 Å². The van der Waals surface area contributed by atoms with Crippen molar-refractivity contribution >= 4 is 6.29 Å². The van der Waals surface area contributed by atoms with Crippen LogP contribution < -0.4 is 0 Å². The molecule has 1 unspecified atom stereocenters. The number of likely N-dealkylation sites (tertiary alicyclic amines) is 1. The molecule has 0 N–H and O–H groups in total. The molecule has 1 atom stereocenters. The predicted octanol–water partition coefficient (Wildman–Crippen LogP) is 1.45. The molecule has 2 heteroatoms. The Labute approximate surface area is 73.9 Å². The predicted molar refractivity (Wildman–Crippen MR) is 48.0 cm³/mol. The summed E-state index contributed by atoms with van der Waals surface area (Å²) in [5, 5.41) is 0. The summed E-state index contributed by atoms with van der Waals surface area (Å²) >= 11 is 0. The third kappa shape index (κ3) is 1.40. The highest BCUT2D eigenvalue weighted by atomic mass is 16.1. The first-order valence-corrected chi connectivity index (χ1v) is 4.92. The van der Waals surface area contributed by atoms with E-state index in [-0.39, 0.29) is 5.41 Å². The quantitative estimate of drug-likeness (QED) is 0.593. The molecule has 1 saturated carbocycles. The number of hydrogen-bond acceptors (Lipinski definition) is 2. The lowest BCUT2D eigenvalue weighted by Gasteiger charge is -2.21.